The van der Waals surface area contributed by atoms with Gasteiger partial charge < -0.3 is 4.57 Å². The minimum atomic E-state index is -3.54. The molecule has 6 nitrogen and oxygen atoms in total. The normalized spacial score (nSPS) is 15.6. The number of rotatable bonds is 4. The van der Waals surface area contributed by atoms with E-state index < -0.39 is 9.84 Å². The molecular formula is C20H21FN4O2S. The Labute approximate surface area is 163 Å². The summed E-state index contributed by atoms with van der Waals surface area (Å²) < 4.78 is 39.4. The van der Waals surface area contributed by atoms with Crippen LogP contribution in [0.4, 0.5) is 4.39 Å². The summed E-state index contributed by atoms with van der Waals surface area (Å²) >= 11 is 0. The first kappa shape index (κ1) is 18.7. The van der Waals surface area contributed by atoms with Gasteiger partial charge in [0.25, 0.3) is 0 Å². The van der Waals surface area contributed by atoms with E-state index in [2.05, 4.69) is 19.5 Å². The minimum absolute atomic E-state index is 0.216. The number of halogens is 1. The van der Waals surface area contributed by atoms with Gasteiger partial charge in [-0.3, -0.25) is 0 Å². The Morgan fingerprint density at radius 1 is 1.04 bits per heavy atom. The molecule has 3 aromatic rings. The molecule has 0 spiro atoms. The molecule has 1 aliphatic rings. The largest absolute Gasteiger partial charge is 0.326 e. The smallest absolute Gasteiger partial charge is 0.247 e. The lowest BCUT2D eigenvalue weighted by Gasteiger charge is -2.25. The van der Waals surface area contributed by atoms with Gasteiger partial charge in [0.15, 0.2) is 0 Å². The number of sulfone groups is 1. The highest BCUT2D eigenvalue weighted by molar-refractivity contribution is 7.90. The monoisotopic (exact) mass is 400 g/mol. The van der Waals surface area contributed by atoms with Crippen LogP contribution < -0.4 is 0 Å². The summed E-state index contributed by atoms with van der Waals surface area (Å²) in [6, 6.07) is 8.09. The second kappa shape index (κ2) is 7.43. The zero-order valence-electron chi connectivity index (χ0n) is 15.5. The van der Waals surface area contributed by atoms with E-state index in [4.69, 9.17) is 0 Å². The third kappa shape index (κ3) is 3.69. The summed E-state index contributed by atoms with van der Waals surface area (Å²) in [5.41, 5.74) is 2.65. The van der Waals surface area contributed by atoms with Crippen molar-refractivity contribution in [3.63, 3.8) is 0 Å². The van der Waals surface area contributed by atoms with Crippen molar-refractivity contribution >= 4 is 9.84 Å². The van der Waals surface area contributed by atoms with E-state index in [9.17, 15) is 12.8 Å². The van der Waals surface area contributed by atoms with Crippen molar-refractivity contribution < 1.29 is 12.8 Å². The summed E-state index contributed by atoms with van der Waals surface area (Å²) in [5.74, 6) is -0.321. The molecule has 1 saturated carbocycles. The molecule has 0 unspecified atom stereocenters. The third-order valence-corrected chi connectivity index (χ3v) is 5.95. The predicted octanol–water partition coefficient (Wildman–Crippen LogP) is 4.05. The summed E-state index contributed by atoms with van der Waals surface area (Å²) in [4.78, 5) is 12.8. The Morgan fingerprint density at radius 3 is 2.43 bits per heavy atom. The van der Waals surface area contributed by atoms with E-state index >= 15 is 0 Å². The summed E-state index contributed by atoms with van der Waals surface area (Å²) in [6.07, 6.45) is 9.91. The van der Waals surface area contributed by atoms with Crippen LogP contribution in [0.25, 0.3) is 22.6 Å². The Kier molecular flexibility index (Phi) is 4.97. The third-order valence-electron chi connectivity index (χ3n) is 5.09. The topological polar surface area (TPSA) is 77.7 Å². The van der Waals surface area contributed by atoms with E-state index in [1.165, 1.54) is 24.8 Å². The van der Waals surface area contributed by atoms with Crippen LogP contribution in [0.3, 0.4) is 0 Å². The van der Waals surface area contributed by atoms with Gasteiger partial charge in [0.1, 0.15) is 5.82 Å². The molecule has 4 rings (SSSR count). The fourth-order valence-corrected chi connectivity index (χ4v) is 4.24. The van der Waals surface area contributed by atoms with Gasteiger partial charge in [-0.25, -0.2) is 27.8 Å². The molecule has 1 aliphatic carbocycles. The average molecular weight is 400 g/mol. The van der Waals surface area contributed by atoms with Crippen molar-refractivity contribution in [1.82, 2.24) is 19.5 Å². The molecule has 0 atom stereocenters. The Bertz CT molecular complexity index is 1090. The van der Waals surface area contributed by atoms with Crippen molar-refractivity contribution in [2.45, 2.75) is 43.3 Å². The van der Waals surface area contributed by atoms with Gasteiger partial charge in [-0.05, 0) is 43.2 Å². The number of imidazole rings is 1. The van der Waals surface area contributed by atoms with Crippen LogP contribution in [0.15, 0.2) is 48.0 Å². The van der Waals surface area contributed by atoms with Crippen molar-refractivity contribution in [3.05, 3.63) is 48.7 Å². The number of aromatic nitrogens is 4. The van der Waals surface area contributed by atoms with Gasteiger partial charge in [-0.1, -0.05) is 19.3 Å². The summed E-state index contributed by atoms with van der Waals surface area (Å²) in [7, 11) is -3.54. The highest BCUT2D eigenvalue weighted by Crippen LogP contribution is 2.37. The van der Waals surface area contributed by atoms with Crippen molar-refractivity contribution in [2.75, 3.05) is 6.26 Å². The molecule has 1 aromatic carbocycles. The van der Waals surface area contributed by atoms with Gasteiger partial charge in [-0.15, -0.1) is 0 Å². The van der Waals surface area contributed by atoms with Crippen molar-refractivity contribution in [1.29, 1.82) is 0 Å². The van der Waals surface area contributed by atoms with Crippen LogP contribution in [0, 0.1) is 5.82 Å². The SMILES string of the molecule is CS(=O)(=O)c1nccc(-c2c(-c3ccc(F)cc3)ncn2C2CCCCC2)n1. The maximum atomic E-state index is 13.4. The Hall–Kier alpha value is -2.61. The average Bonchev–Trinajstić information content (AvgIpc) is 3.14. The second-order valence-electron chi connectivity index (χ2n) is 7.14. The van der Waals surface area contributed by atoms with E-state index in [1.54, 1.807) is 24.5 Å². The van der Waals surface area contributed by atoms with Gasteiger partial charge >= 0.3 is 0 Å². The molecule has 2 heterocycles. The maximum absolute atomic E-state index is 13.4. The van der Waals surface area contributed by atoms with E-state index in [-0.39, 0.29) is 17.0 Å². The molecule has 146 valence electrons. The summed E-state index contributed by atoms with van der Waals surface area (Å²) in [5, 5.41) is -0.216. The minimum Gasteiger partial charge on any atom is -0.326 e. The molecule has 28 heavy (non-hydrogen) atoms. The number of benzene rings is 1. The first-order valence-corrected chi connectivity index (χ1v) is 11.2. The maximum Gasteiger partial charge on any atom is 0.247 e. The molecule has 0 aliphatic heterocycles. The number of hydrogen-bond donors (Lipinski definition) is 0. The van der Waals surface area contributed by atoms with Gasteiger partial charge in [0.2, 0.25) is 15.0 Å². The van der Waals surface area contributed by atoms with Crippen LogP contribution in [-0.2, 0) is 9.84 Å². The van der Waals surface area contributed by atoms with Gasteiger partial charge in [0, 0.05) is 24.1 Å². The quantitative estimate of drug-likeness (QED) is 0.617. The fraction of sp³-hybridized carbons (Fsp3) is 0.350. The van der Waals surface area contributed by atoms with Crippen LogP contribution >= 0.6 is 0 Å². The molecule has 2 aromatic heterocycles. The first-order chi connectivity index (χ1) is 13.4. The molecule has 8 heteroatoms. The van der Waals surface area contributed by atoms with Gasteiger partial charge in [-0.2, -0.15) is 0 Å². The predicted molar refractivity (Wildman–Crippen MR) is 104 cm³/mol. The van der Waals surface area contributed by atoms with Crippen LogP contribution in [0.2, 0.25) is 0 Å². The fourth-order valence-electron chi connectivity index (χ4n) is 3.72. The highest BCUT2D eigenvalue weighted by Gasteiger charge is 2.24. The molecule has 1 fully saturated rings. The first-order valence-electron chi connectivity index (χ1n) is 9.30. The lowest BCUT2D eigenvalue weighted by molar-refractivity contribution is 0.355. The molecule has 0 saturated heterocycles. The van der Waals surface area contributed by atoms with Crippen LogP contribution in [0.1, 0.15) is 38.1 Å². The van der Waals surface area contributed by atoms with Crippen molar-refractivity contribution in [3.8, 4) is 22.6 Å². The second-order valence-corrected chi connectivity index (χ2v) is 9.05. The lowest BCUT2D eigenvalue weighted by Crippen LogP contribution is -2.14. The lowest BCUT2D eigenvalue weighted by atomic mass is 9.95. The van der Waals surface area contributed by atoms with Crippen LogP contribution in [0.5, 0.6) is 0 Å². The summed E-state index contributed by atoms with van der Waals surface area (Å²) in [6.45, 7) is 0. The molecule has 0 N–H and O–H groups in total. The highest BCUT2D eigenvalue weighted by atomic mass is 32.2. The van der Waals surface area contributed by atoms with E-state index in [0.717, 1.165) is 43.2 Å². The standard InChI is InChI=1S/C20H21FN4O2S/c1-28(26,27)20-22-12-11-17(24-20)19-18(14-7-9-15(21)10-8-14)23-13-25(19)16-5-3-2-4-6-16/h7-13,16H,2-6H2,1H3. The number of nitrogens with zero attached hydrogens (tertiary/aromatic N) is 4. The Balaban J connectivity index is 1.90. The van der Waals surface area contributed by atoms with Gasteiger partial charge in [0.05, 0.1) is 23.4 Å². The van der Waals surface area contributed by atoms with Crippen molar-refractivity contribution in [2.24, 2.45) is 0 Å². The van der Waals surface area contributed by atoms with E-state index in [1.807, 2.05) is 0 Å². The molecular weight excluding hydrogens is 379 g/mol. The number of hydrogen-bond acceptors (Lipinski definition) is 5. The Morgan fingerprint density at radius 2 is 1.75 bits per heavy atom. The molecule has 0 amide bonds. The zero-order chi connectivity index (χ0) is 19.7. The molecule has 0 radical (unpaired) electrons. The van der Waals surface area contributed by atoms with Crippen LogP contribution in [-0.4, -0.2) is 34.2 Å². The zero-order valence-corrected chi connectivity index (χ0v) is 16.4. The van der Waals surface area contributed by atoms with E-state index in [0.29, 0.717) is 11.4 Å². The molecule has 0 bridgehead atoms.